The number of hydrogen-bond acceptors (Lipinski definition) is 6. The van der Waals surface area contributed by atoms with Gasteiger partial charge in [-0.3, -0.25) is 9.40 Å². The number of aromatic carboxylic acids is 1. The number of nitrogens with one attached hydrogen (secondary N) is 1. The first-order valence-electron chi connectivity index (χ1n) is 10.3. The van der Waals surface area contributed by atoms with Crippen LogP contribution in [-0.4, -0.2) is 47.9 Å². The zero-order valence-electron chi connectivity index (χ0n) is 19.1. The van der Waals surface area contributed by atoms with Crippen molar-refractivity contribution < 1.29 is 27.1 Å². The first-order chi connectivity index (χ1) is 15.9. The molecule has 182 valence electrons. The summed E-state index contributed by atoms with van der Waals surface area (Å²) in [6, 6.07) is 3.11. The van der Waals surface area contributed by atoms with E-state index in [4.69, 9.17) is 0 Å². The number of aryl methyl sites for hydroxylation is 2. The summed E-state index contributed by atoms with van der Waals surface area (Å²) in [5.74, 6) is -3.24. The van der Waals surface area contributed by atoms with Gasteiger partial charge < -0.3 is 10.0 Å². The van der Waals surface area contributed by atoms with E-state index in [1.165, 1.54) is 0 Å². The fourth-order valence-electron chi connectivity index (χ4n) is 3.65. The van der Waals surface area contributed by atoms with Crippen LogP contribution in [0.1, 0.15) is 33.7 Å². The zero-order chi connectivity index (χ0) is 25.2. The molecule has 1 aromatic carbocycles. The summed E-state index contributed by atoms with van der Waals surface area (Å²) in [5, 5.41) is 14.0. The Morgan fingerprint density at radius 2 is 1.94 bits per heavy atom. The lowest BCUT2D eigenvalue weighted by molar-refractivity contribution is 0.0697. The number of rotatable bonds is 9. The smallest absolute Gasteiger partial charge is 0.339 e. The van der Waals surface area contributed by atoms with E-state index in [1.807, 2.05) is 25.6 Å². The van der Waals surface area contributed by atoms with Crippen LogP contribution >= 0.6 is 0 Å². The van der Waals surface area contributed by atoms with Gasteiger partial charge in [-0.25, -0.2) is 27.0 Å². The molecule has 3 aromatic rings. The first kappa shape index (κ1) is 25.1. The van der Waals surface area contributed by atoms with E-state index in [0.29, 0.717) is 25.1 Å². The maximum absolute atomic E-state index is 13.9. The number of sulfonamides is 1. The monoisotopic (exact) mass is 493 g/mol. The van der Waals surface area contributed by atoms with Gasteiger partial charge in [0.1, 0.15) is 27.9 Å². The second kappa shape index (κ2) is 9.75. The molecule has 0 aliphatic rings. The molecule has 12 heteroatoms. The van der Waals surface area contributed by atoms with Crippen molar-refractivity contribution in [3.05, 3.63) is 64.6 Å². The second-order valence-corrected chi connectivity index (χ2v) is 9.53. The van der Waals surface area contributed by atoms with Gasteiger partial charge in [-0.05, 0) is 56.5 Å². The Bertz CT molecular complexity index is 1340. The summed E-state index contributed by atoms with van der Waals surface area (Å²) >= 11 is 0. The molecule has 0 aliphatic carbocycles. The van der Waals surface area contributed by atoms with E-state index >= 15 is 0 Å². The minimum atomic E-state index is -4.51. The lowest BCUT2D eigenvalue weighted by Gasteiger charge is -2.20. The summed E-state index contributed by atoms with van der Waals surface area (Å²) in [7, 11) is -0.954. The number of pyridine rings is 1. The topological polar surface area (TPSA) is 117 Å². The van der Waals surface area contributed by atoms with E-state index in [0.717, 1.165) is 41.7 Å². The fraction of sp³-hybridized carbons (Fsp3) is 0.318. The third-order valence-electron chi connectivity index (χ3n) is 5.47. The van der Waals surface area contributed by atoms with Crippen LogP contribution in [0.2, 0.25) is 0 Å². The van der Waals surface area contributed by atoms with Crippen molar-refractivity contribution >= 4 is 27.5 Å². The Labute approximate surface area is 196 Å². The number of hydrogen-bond donors (Lipinski definition) is 2. The van der Waals surface area contributed by atoms with Crippen molar-refractivity contribution in [3.63, 3.8) is 0 Å². The average Bonchev–Trinajstić information content (AvgIpc) is 3.00. The molecule has 0 saturated carbocycles. The number of carboxylic acid groups (broad SMARTS) is 1. The number of nitrogens with zero attached hydrogens (tertiary/aromatic N) is 4. The molecule has 0 saturated heterocycles. The Balaban J connectivity index is 1.78. The number of aromatic nitrogens is 3. The van der Waals surface area contributed by atoms with E-state index in [1.54, 1.807) is 11.9 Å². The Morgan fingerprint density at radius 1 is 1.24 bits per heavy atom. The molecule has 0 aliphatic heterocycles. The highest BCUT2D eigenvalue weighted by molar-refractivity contribution is 7.92. The molecule has 0 amide bonds. The van der Waals surface area contributed by atoms with E-state index in [-0.39, 0.29) is 17.1 Å². The van der Waals surface area contributed by atoms with Gasteiger partial charge in [-0.2, -0.15) is 5.10 Å². The van der Waals surface area contributed by atoms with E-state index in [9.17, 15) is 27.1 Å². The third kappa shape index (κ3) is 5.33. The zero-order valence-corrected chi connectivity index (χ0v) is 19.9. The SMILES string of the molecule is Cc1nn(C)c(C)c1CCCN(C)c1ncc(NS(=O)(=O)c2cc(F)ccc2F)cc1C(=O)O. The van der Waals surface area contributed by atoms with Gasteiger partial charge in [-0.15, -0.1) is 0 Å². The minimum absolute atomic E-state index is 0.145. The highest BCUT2D eigenvalue weighted by Crippen LogP contribution is 2.25. The molecule has 0 atom stereocenters. The molecule has 0 unspecified atom stereocenters. The first-order valence-corrected chi connectivity index (χ1v) is 11.8. The lowest BCUT2D eigenvalue weighted by Crippen LogP contribution is -2.23. The molecule has 2 heterocycles. The van der Waals surface area contributed by atoms with Gasteiger partial charge >= 0.3 is 5.97 Å². The van der Waals surface area contributed by atoms with Crippen molar-refractivity contribution in [2.24, 2.45) is 7.05 Å². The van der Waals surface area contributed by atoms with Gasteiger partial charge in [0.15, 0.2) is 0 Å². The van der Waals surface area contributed by atoms with Crippen LogP contribution in [0.4, 0.5) is 20.3 Å². The highest BCUT2D eigenvalue weighted by atomic mass is 32.2. The number of carboxylic acids is 1. The molecule has 9 nitrogen and oxygen atoms in total. The van der Waals surface area contributed by atoms with Gasteiger partial charge in [0.05, 0.1) is 17.6 Å². The maximum Gasteiger partial charge on any atom is 0.339 e. The van der Waals surface area contributed by atoms with Crippen molar-refractivity contribution in [3.8, 4) is 0 Å². The summed E-state index contributed by atoms with van der Waals surface area (Å²) in [6.45, 7) is 4.41. The van der Waals surface area contributed by atoms with Crippen molar-refractivity contribution in [1.82, 2.24) is 14.8 Å². The number of anilines is 2. The van der Waals surface area contributed by atoms with Crippen LogP contribution in [0, 0.1) is 25.5 Å². The molecule has 3 rings (SSSR count). The lowest BCUT2D eigenvalue weighted by atomic mass is 10.1. The predicted molar refractivity (Wildman–Crippen MR) is 123 cm³/mol. The van der Waals surface area contributed by atoms with Gasteiger partial charge in [0, 0.05) is 26.3 Å². The Hall–Kier alpha value is -3.54. The van der Waals surface area contributed by atoms with Gasteiger partial charge in [0.2, 0.25) is 0 Å². The second-order valence-electron chi connectivity index (χ2n) is 7.88. The highest BCUT2D eigenvalue weighted by Gasteiger charge is 2.23. The third-order valence-corrected chi connectivity index (χ3v) is 6.87. The van der Waals surface area contributed by atoms with E-state index < -0.39 is 32.5 Å². The van der Waals surface area contributed by atoms with Crippen molar-refractivity contribution in [2.45, 2.75) is 31.6 Å². The van der Waals surface area contributed by atoms with Crippen LogP contribution in [0.3, 0.4) is 0 Å². The average molecular weight is 494 g/mol. The molecule has 0 fully saturated rings. The van der Waals surface area contributed by atoms with Crippen LogP contribution in [0.15, 0.2) is 35.4 Å². The van der Waals surface area contributed by atoms with Crippen LogP contribution < -0.4 is 9.62 Å². The Kier molecular flexibility index (Phi) is 7.20. The number of carbonyl (C=O) groups is 1. The molecule has 0 radical (unpaired) electrons. The summed E-state index contributed by atoms with van der Waals surface area (Å²) in [5.41, 5.74) is 2.71. The molecular formula is C22H25F2N5O4S. The molecule has 0 bridgehead atoms. The molecule has 0 spiro atoms. The Morgan fingerprint density at radius 3 is 2.56 bits per heavy atom. The molecule has 2 N–H and O–H groups in total. The quantitative estimate of drug-likeness (QED) is 0.470. The maximum atomic E-state index is 13.9. The van der Waals surface area contributed by atoms with E-state index in [2.05, 4.69) is 14.8 Å². The normalized spacial score (nSPS) is 11.5. The largest absolute Gasteiger partial charge is 0.478 e. The van der Waals surface area contributed by atoms with Crippen LogP contribution in [0.5, 0.6) is 0 Å². The molecular weight excluding hydrogens is 468 g/mol. The van der Waals surface area contributed by atoms with Crippen molar-refractivity contribution in [1.29, 1.82) is 0 Å². The summed E-state index contributed by atoms with van der Waals surface area (Å²) in [6.07, 6.45) is 2.58. The molecule has 2 aromatic heterocycles. The number of benzene rings is 1. The van der Waals surface area contributed by atoms with Crippen LogP contribution in [0.25, 0.3) is 0 Å². The fourth-order valence-corrected chi connectivity index (χ4v) is 4.77. The summed E-state index contributed by atoms with van der Waals surface area (Å²) < 4.78 is 56.2. The molecule has 34 heavy (non-hydrogen) atoms. The predicted octanol–water partition coefficient (Wildman–Crippen LogP) is 3.28. The van der Waals surface area contributed by atoms with Crippen molar-refractivity contribution in [2.75, 3.05) is 23.2 Å². The standard InChI is InChI=1S/C22H25F2N5O4S/c1-13-17(14(2)29(4)26-13)6-5-9-28(3)21-18(22(30)31)11-16(12-25-21)27-34(32,33)20-10-15(23)7-8-19(20)24/h7-8,10-12,27H,5-6,9H2,1-4H3,(H,30,31). The van der Waals surface area contributed by atoms with Crippen LogP contribution in [-0.2, 0) is 23.5 Å². The van der Waals surface area contributed by atoms with Gasteiger partial charge in [-0.1, -0.05) is 0 Å². The van der Waals surface area contributed by atoms with Gasteiger partial charge in [0.25, 0.3) is 10.0 Å². The minimum Gasteiger partial charge on any atom is -0.478 e. The summed E-state index contributed by atoms with van der Waals surface area (Å²) in [4.78, 5) is 16.7. The number of halogens is 2.